The molecule has 0 spiro atoms. The van der Waals surface area contributed by atoms with Gasteiger partial charge in [0.15, 0.2) is 8.32 Å². The fourth-order valence-electron chi connectivity index (χ4n) is 1.47. The lowest BCUT2D eigenvalue weighted by Crippen LogP contribution is -2.40. The molecule has 2 rings (SSSR count). The van der Waals surface area contributed by atoms with Crippen LogP contribution in [0.1, 0.15) is 26.5 Å². The SMILES string of the molecule is CC(C)(C)[Si](C)(C)OCc1cn(C2=NC=C=CC=N2)cn1. The Morgan fingerprint density at radius 3 is 2.81 bits per heavy atom. The van der Waals surface area contributed by atoms with Crippen molar-refractivity contribution in [2.75, 3.05) is 0 Å². The van der Waals surface area contributed by atoms with Gasteiger partial charge in [0.25, 0.3) is 0 Å². The number of allylic oxidation sites excluding steroid dienone is 1. The molecular formula is C15H22N4OSi. The van der Waals surface area contributed by atoms with E-state index in [2.05, 4.69) is 54.6 Å². The van der Waals surface area contributed by atoms with E-state index in [4.69, 9.17) is 4.43 Å². The van der Waals surface area contributed by atoms with Crippen LogP contribution in [0, 0.1) is 0 Å². The molecule has 0 saturated carbocycles. The van der Waals surface area contributed by atoms with Crippen LogP contribution in [-0.4, -0.2) is 30.0 Å². The molecule has 0 amide bonds. The first kappa shape index (κ1) is 15.6. The fourth-order valence-corrected chi connectivity index (χ4v) is 2.41. The van der Waals surface area contributed by atoms with E-state index in [1.54, 1.807) is 29.4 Å². The summed E-state index contributed by atoms with van der Waals surface area (Å²) in [6.45, 7) is 11.7. The molecule has 0 saturated heterocycles. The highest BCUT2D eigenvalue weighted by atomic mass is 28.4. The zero-order chi connectivity index (χ0) is 15.5. The van der Waals surface area contributed by atoms with Crippen molar-refractivity contribution < 1.29 is 4.43 Å². The molecule has 1 aliphatic rings. The lowest BCUT2D eigenvalue weighted by atomic mass is 10.2. The molecule has 2 heterocycles. The molecule has 0 unspecified atom stereocenters. The average Bonchev–Trinajstić information content (AvgIpc) is 2.69. The maximum absolute atomic E-state index is 6.16. The first-order valence-corrected chi connectivity index (χ1v) is 9.89. The minimum atomic E-state index is -1.76. The third kappa shape index (κ3) is 3.88. The third-order valence-electron chi connectivity index (χ3n) is 3.87. The summed E-state index contributed by atoms with van der Waals surface area (Å²) in [4.78, 5) is 12.8. The first-order chi connectivity index (χ1) is 9.79. The van der Waals surface area contributed by atoms with Gasteiger partial charge in [0.1, 0.15) is 6.33 Å². The van der Waals surface area contributed by atoms with Crippen molar-refractivity contribution in [3.63, 3.8) is 0 Å². The lowest BCUT2D eigenvalue weighted by molar-refractivity contribution is 0.272. The Hall–Kier alpha value is -1.75. The van der Waals surface area contributed by atoms with Gasteiger partial charge in [-0.3, -0.25) is 4.57 Å². The summed E-state index contributed by atoms with van der Waals surface area (Å²) in [6, 6.07) is 0. The second-order valence-corrected chi connectivity index (χ2v) is 11.3. The van der Waals surface area contributed by atoms with Gasteiger partial charge in [0, 0.05) is 18.5 Å². The average molecular weight is 302 g/mol. The Morgan fingerprint density at radius 1 is 1.33 bits per heavy atom. The second kappa shape index (κ2) is 5.93. The molecular weight excluding hydrogens is 280 g/mol. The Labute approximate surface area is 126 Å². The van der Waals surface area contributed by atoms with Crippen LogP contribution in [0.3, 0.4) is 0 Å². The smallest absolute Gasteiger partial charge is 0.235 e. The van der Waals surface area contributed by atoms with Gasteiger partial charge in [-0.15, -0.1) is 0 Å². The fraction of sp³-hybridized carbons (Fsp3) is 0.467. The number of aliphatic imine (C=N–C) groups is 2. The highest BCUT2D eigenvalue weighted by Gasteiger charge is 2.37. The number of aromatic nitrogens is 2. The van der Waals surface area contributed by atoms with Crippen LogP contribution in [0.25, 0.3) is 0 Å². The van der Waals surface area contributed by atoms with Crippen LogP contribution >= 0.6 is 0 Å². The molecule has 5 nitrogen and oxygen atoms in total. The summed E-state index contributed by atoms with van der Waals surface area (Å²) in [7, 11) is -1.76. The Bertz CT molecular complexity index is 628. The van der Waals surface area contributed by atoms with Crippen LogP contribution in [0.4, 0.5) is 0 Å². The van der Waals surface area contributed by atoms with Crippen LogP contribution in [0.2, 0.25) is 18.1 Å². The Kier molecular flexibility index (Phi) is 4.42. The maximum atomic E-state index is 6.16. The molecule has 1 aromatic rings. The van der Waals surface area contributed by atoms with Crippen LogP contribution in [-0.2, 0) is 11.0 Å². The molecule has 0 aromatic carbocycles. The van der Waals surface area contributed by atoms with Gasteiger partial charge >= 0.3 is 0 Å². The van der Waals surface area contributed by atoms with Crippen molar-refractivity contribution in [1.82, 2.24) is 9.55 Å². The predicted octanol–water partition coefficient (Wildman–Crippen LogP) is 3.36. The van der Waals surface area contributed by atoms with Crippen LogP contribution in [0.5, 0.6) is 0 Å². The molecule has 1 aliphatic heterocycles. The summed E-state index contributed by atoms with van der Waals surface area (Å²) < 4.78 is 7.95. The third-order valence-corrected chi connectivity index (χ3v) is 8.35. The van der Waals surface area contributed by atoms with Crippen molar-refractivity contribution in [3.05, 3.63) is 36.2 Å². The largest absolute Gasteiger partial charge is 0.411 e. The summed E-state index contributed by atoms with van der Waals surface area (Å²) in [5, 5.41) is 0.196. The van der Waals surface area contributed by atoms with Crippen LogP contribution in [0.15, 0.2) is 40.5 Å². The van der Waals surface area contributed by atoms with E-state index in [0.717, 1.165) is 5.69 Å². The minimum absolute atomic E-state index is 0.196. The number of hydrogen-bond donors (Lipinski definition) is 0. The van der Waals surface area contributed by atoms with Gasteiger partial charge in [-0.25, -0.2) is 15.0 Å². The molecule has 0 atom stereocenters. The molecule has 0 radical (unpaired) electrons. The number of hydrogen-bond acceptors (Lipinski definition) is 4. The van der Waals surface area contributed by atoms with E-state index in [1.165, 1.54) is 0 Å². The number of imidazole rings is 1. The van der Waals surface area contributed by atoms with E-state index in [1.807, 2.05) is 6.20 Å². The monoisotopic (exact) mass is 302 g/mol. The molecule has 0 fully saturated rings. The van der Waals surface area contributed by atoms with E-state index in [0.29, 0.717) is 12.6 Å². The van der Waals surface area contributed by atoms with E-state index in [-0.39, 0.29) is 5.04 Å². The molecule has 0 bridgehead atoms. The van der Waals surface area contributed by atoms with E-state index in [9.17, 15) is 0 Å². The first-order valence-electron chi connectivity index (χ1n) is 6.98. The topological polar surface area (TPSA) is 51.8 Å². The molecule has 0 aliphatic carbocycles. The highest BCUT2D eigenvalue weighted by molar-refractivity contribution is 6.74. The van der Waals surface area contributed by atoms with Crippen molar-refractivity contribution in [1.29, 1.82) is 0 Å². The quantitative estimate of drug-likeness (QED) is 0.635. The number of nitrogens with zero attached hydrogens (tertiary/aromatic N) is 4. The molecule has 112 valence electrons. The second-order valence-electron chi connectivity index (χ2n) is 6.49. The lowest BCUT2D eigenvalue weighted by Gasteiger charge is -2.35. The van der Waals surface area contributed by atoms with E-state index < -0.39 is 8.32 Å². The molecule has 1 aromatic heterocycles. The predicted molar refractivity (Wildman–Crippen MR) is 88.2 cm³/mol. The van der Waals surface area contributed by atoms with Gasteiger partial charge in [-0.2, -0.15) is 0 Å². The number of rotatable bonds is 3. The summed E-state index contributed by atoms with van der Waals surface area (Å²) in [6.07, 6.45) is 8.58. The highest BCUT2D eigenvalue weighted by Crippen LogP contribution is 2.36. The Morgan fingerprint density at radius 2 is 2.10 bits per heavy atom. The van der Waals surface area contributed by atoms with Crippen molar-refractivity contribution >= 4 is 20.5 Å². The summed E-state index contributed by atoms with van der Waals surface area (Å²) in [5.74, 6) is 0.572. The minimum Gasteiger partial charge on any atom is -0.411 e. The van der Waals surface area contributed by atoms with Crippen LogP contribution < -0.4 is 0 Å². The van der Waals surface area contributed by atoms with Gasteiger partial charge in [-0.1, -0.05) is 26.5 Å². The summed E-state index contributed by atoms with van der Waals surface area (Å²) >= 11 is 0. The molecule has 6 heteroatoms. The zero-order valence-electron chi connectivity index (χ0n) is 13.3. The van der Waals surface area contributed by atoms with Crippen molar-refractivity contribution in [2.45, 2.75) is 45.5 Å². The van der Waals surface area contributed by atoms with Gasteiger partial charge < -0.3 is 4.43 Å². The summed E-state index contributed by atoms with van der Waals surface area (Å²) in [5.41, 5.74) is 3.76. The normalized spacial score (nSPS) is 15.2. The van der Waals surface area contributed by atoms with Crippen molar-refractivity contribution in [2.24, 2.45) is 9.98 Å². The van der Waals surface area contributed by atoms with Gasteiger partial charge in [0.2, 0.25) is 5.96 Å². The molecule has 21 heavy (non-hydrogen) atoms. The Balaban J connectivity index is 2.05. The zero-order valence-corrected chi connectivity index (χ0v) is 14.3. The van der Waals surface area contributed by atoms with Gasteiger partial charge in [0.05, 0.1) is 18.5 Å². The van der Waals surface area contributed by atoms with Gasteiger partial charge in [-0.05, 0) is 18.1 Å². The maximum Gasteiger partial charge on any atom is 0.235 e. The molecule has 0 N–H and O–H groups in total. The van der Waals surface area contributed by atoms with E-state index >= 15 is 0 Å². The standard InChI is InChI=1S/C15H22N4OSi/c1-15(2,3)21(4,5)20-11-13-10-19(12-18-13)14-16-8-6-7-9-17-14/h6,8-10,12H,11H2,1-5H3. The van der Waals surface area contributed by atoms with Crippen molar-refractivity contribution in [3.8, 4) is 0 Å².